The first-order valence-corrected chi connectivity index (χ1v) is 8.06. The second-order valence-electron chi connectivity index (χ2n) is 6.23. The predicted molar refractivity (Wildman–Crippen MR) is 81.9 cm³/mol. The smallest absolute Gasteiger partial charge is 0.497 e. The molecule has 3 heterocycles. The predicted octanol–water partition coefficient (Wildman–Crippen LogP) is 1.95. The van der Waals surface area contributed by atoms with Crippen LogP contribution in [0.15, 0.2) is 5.38 Å². The fourth-order valence-electron chi connectivity index (χ4n) is 2.14. The van der Waals surface area contributed by atoms with Gasteiger partial charge in [0, 0.05) is 13.1 Å². The lowest BCUT2D eigenvalue weighted by atomic mass is 9.90. The van der Waals surface area contributed by atoms with Gasteiger partial charge in [-0.2, -0.15) is 4.98 Å². The minimum Gasteiger partial charge on any atom is -0.497 e. The van der Waals surface area contributed by atoms with E-state index in [1.54, 1.807) is 11.3 Å². The second kappa shape index (κ2) is 5.42. The number of hydrogen-bond acceptors (Lipinski definition) is 7. The Morgan fingerprint density at radius 1 is 1.19 bits per heavy atom. The lowest BCUT2D eigenvalue weighted by molar-refractivity contribution is 0.00578. The van der Waals surface area contributed by atoms with Crippen molar-refractivity contribution >= 4 is 23.8 Å². The third-order valence-electron chi connectivity index (χ3n) is 4.20. The van der Waals surface area contributed by atoms with Gasteiger partial charge >= 0.3 is 7.32 Å². The molecule has 2 fully saturated rings. The minimum absolute atomic E-state index is 0.402. The van der Waals surface area contributed by atoms with E-state index < -0.39 is 18.5 Å². The van der Waals surface area contributed by atoms with E-state index in [9.17, 15) is 0 Å². The van der Waals surface area contributed by atoms with E-state index >= 15 is 0 Å². The van der Waals surface area contributed by atoms with E-state index in [2.05, 4.69) is 9.88 Å². The Balaban J connectivity index is 1.63. The van der Waals surface area contributed by atoms with Gasteiger partial charge in [-0.25, -0.2) is 0 Å². The number of thiazole rings is 1. The van der Waals surface area contributed by atoms with Gasteiger partial charge in [-0.1, -0.05) is 0 Å². The van der Waals surface area contributed by atoms with Crippen LogP contribution in [-0.2, 0) is 14.0 Å². The summed E-state index contributed by atoms with van der Waals surface area (Å²) >= 11 is 1.56. The van der Waals surface area contributed by atoms with E-state index in [1.165, 1.54) is 0 Å². The first-order chi connectivity index (χ1) is 9.87. The molecular formula is C13H21BN2O4S. The second-order valence-corrected chi connectivity index (χ2v) is 7.07. The van der Waals surface area contributed by atoms with Crippen LogP contribution in [0.2, 0.25) is 0 Å². The molecule has 0 bridgehead atoms. The van der Waals surface area contributed by atoms with Crippen molar-refractivity contribution in [3.8, 4) is 5.88 Å². The molecule has 3 rings (SSSR count). The summed E-state index contributed by atoms with van der Waals surface area (Å²) in [5.41, 5.74) is -0.804. The number of morpholine rings is 1. The molecule has 0 aliphatic carbocycles. The molecule has 0 amide bonds. The van der Waals surface area contributed by atoms with E-state index in [0.717, 1.165) is 31.4 Å². The quantitative estimate of drug-likeness (QED) is 0.795. The van der Waals surface area contributed by atoms with Gasteiger partial charge in [0.1, 0.15) is 0 Å². The van der Waals surface area contributed by atoms with Crippen LogP contribution in [0.25, 0.3) is 0 Å². The lowest BCUT2D eigenvalue weighted by Gasteiger charge is -2.31. The van der Waals surface area contributed by atoms with Gasteiger partial charge in [0.25, 0.3) is 0 Å². The van der Waals surface area contributed by atoms with E-state index in [-0.39, 0.29) is 0 Å². The molecule has 2 aliphatic heterocycles. The maximum atomic E-state index is 5.81. The zero-order valence-electron chi connectivity index (χ0n) is 12.9. The number of anilines is 1. The molecule has 2 saturated heterocycles. The monoisotopic (exact) mass is 312 g/mol. The number of aromatic nitrogens is 1. The zero-order chi connectivity index (χ0) is 15.1. The highest BCUT2D eigenvalue weighted by Gasteiger charge is 2.54. The Bertz CT molecular complexity index is 486. The van der Waals surface area contributed by atoms with Crippen molar-refractivity contribution in [2.24, 2.45) is 0 Å². The average Bonchev–Trinajstić information content (AvgIpc) is 2.94. The van der Waals surface area contributed by atoms with Crippen molar-refractivity contribution < 1.29 is 18.7 Å². The number of ether oxygens (including phenoxy) is 1. The maximum absolute atomic E-state index is 5.81. The van der Waals surface area contributed by atoms with Crippen LogP contribution in [0.1, 0.15) is 27.7 Å². The number of nitrogens with zero attached hydrogens (tertiary/aromatic N) is 2. The van der Waals surface area contributed by atoms with Crippen molar-refractivity contribution in [2.75, 3.05) is 31.2 Å². The summed E-state index contributed by atoms with van der Waals surface area (Å²) in [6, 6.07) is 0. The molecular weight excluding hydrogens is 291 g/mol. The van der Waals surface area contributed by atoms with E-state index in [1.807, 2.05) is 33.1 Å². The van der Waals surface area contributed by atoms with Crippen LogP contribution in [0.5, 0.6) is 5.88 Å². The SMILES string of the molecule is CC1(C)OB(Oc2csc(N3CCOCC3)n2)OC1(C)C. The van der Waals surface area contributed by atoms with Crippen molar-refractivity contribution in [2.45, 2.75) is 38.9 Å². The van der Waals surface area contributed by atoms with Gasteiger partial charge in [-0.05, 0) is 27.7 Å². The Morgan fingerprint density at radius 2 is 1.81 bits per heavy atom. The van der Waals surface area contributed by atoms with Gasteiger partial charge in [0.05, 0.1) is 29.8 Å². The molecule has 0 radical (unpaired) electrons. The van der Waals surface area contributed by atoms with Crippen molar-refractivity contribution in [1.82, 2.24) is 4.98 Å². The van der Waals surface area contributed by atoms with Crippen molar-refractivity contribution in [1.29, 1.82) is 0 Å². The molecule has 116 valence electrons. The highest BCUT2D eigenvalue weighted by atomic mass is 32.1. The van der Waals surface area contributed by atoms with Gasteiger partial charge in [0.15, 0.2) is 5.13 Å². The van der Waals surface area contributed by atoms with Gasteiger partial charge in [0.2, 0.25) is 5.88 Å². The minimum atomic E-state index is -0.713. The summed E-state index contributed by atoms with van der Waals surface area (Å²) in [5, 5.41) is 2.83. The summed E-state index contributed by atoms with van der Waals surface area (Å²) in [6.45, 7) is 11.2. The highest BCUT2D eigenvalue weighted by molar-refractivity contribution is 7.13. The van der Waals surface area contributed by atoms with E-state index in [0.29, 0.717) is 5.88 Å². The van der Waals surface area contributed by atoms with Gasteiger partial charge in [-0.3, -0.25) is 0 Å². The largest absolute Gasteiger partial charge is 0.715 e. The summed E-state index contributed by atoms with van der Waals surface area (Å²) in [7, 11) is -0.713. The highest BCUT2D eigenvalue weighted by Crippen LogP contribution is 2.37. The molecule has 0 spiro atoms. The molecule has 0 saturated carbocycles. The van der Waals surface area contributed by atoms with Crippen LogP contribution in [-0.4, -0.2) is 49.8 Å². The van der Waals surface area contributed by atoms with E-state index in [4.69, 9.17) is 18.7 Å². The third-order valence-corrected chi connectivity index (χ3v) is 5.08. The topological polar surface area (TPSA) is 53.1 Å². The molecule has 1 aromatic heterocycles. The molecule has 6 nitrogen and oxygen atoms in total. The summed E-state index contributed by atoms with van der Waals surface area (Å²) < 4.78 is 22.7. The summed E-state index contributed by atoms with van der Waals surface area (Å²) in [6.07, 6.45) is 0. The number of hydrogen-bond donors (Lipinski definition) is 0. The van der Waals surface area contributed by atoms with Crippen molar-refractivity contribution in [3.05, 3.63) is 5.38 Å². The Morgan fingerprint density at radius 3 is 2.43 bits per heavy atom. The molecule has 0 N–H and O–H groups in total. The molecule has 0 atom stereocenters. The lowest BCUT2D eigenvalue weighted by Crippen LogP contribution is -2.41. The molecule has 8 heteroatoms. The van der Waals surface area contributed by atoms with Crippen molar-refractivity contribution in [3.63, 3.8) is 0 Å². The Hall–Kier alpha value is -0.825. The molecule has 0 aromatic carbocycles. The Kier molecular flexibility index (Phi) is 3.90. The number of rotatable bonds is 3. The normalized spacial score (nSPS) is 24.4. The molecule has 21 heavy (non-hydrogen) atoms. The molecule has 1 aromatic rings. The fraction of sp³-hybridized carbons (Fsp3) is 0.769. The first kappa shape index (κ1) is 15.1. The zero-order valence-corrected chi connectivity index (χ0v) is 13.7. The first-order valence-electron chi connectivity index (χ1n) is 7.18. The van der Waals surface area contributed by atoms with Gasteiger partial charge < -0.3 is 23.6 Å². The standard InChI is InChI=1S/C13H21BN2O4S/c1-12(2)13(3,4)20-14(19-12)18-10-9-21-11(15-10)16-5-7-17-8-6-16/h9H,5-8H2,1-4H3. The Labute approximate surface area is 129 Å². The third kappa shape index (κ3) is 3.03. The molecule has 2 aliphatic rings. The van der Waals surface area contributed by atoms with Crippen LogP contribution in [0, 0.1) is 0 Å². The van der Waals surface area contributed by atoms with Crippen LogP contribution >= 0.6 is 11.3 Å². The molecule has 0 unspecified atom stereocenters. The average molecular weight is 312 g/mol. The van der Waals surface area contributed by atoms with Gasteiger partial charge in [-0.15, -0.1) is 11.3 Å². The fourth-order valence-corrected chi connectivity index (χ4v) is 2.93. The maximum Gasteiger partial charge on any atom is 0.715 e. The summed E-state index contributed by atoms with van der Waals surface area (Å²) in [5.74, 6) is 0.542. The van der Waals surface area contributed by atoms with Crippen LogP contribution < -0.4 is 9.55 Å². The van der Waals surface area contributed by atoms with Crippen LogP contribution in [0.3, 0.4) is 0 Å². The summed E-state index contributed by atoms with van der Waals surface area (Å²) in [4.78, 5) is 6.70. The van der Waals surface area contributed by atoms with Crippen LogP contribution in [0.4, 0.5) is 5.13 Å².